The maximum absolute atomic E-state index is 13.4. The number of thiophene rings is 1. The number of nitro groups is 1. The molecular weight excluding hydrogens is 538 g/mol. The van der Waals surface area contributed by atoms with Crippen molar-refractivity contribution < 1.29 is 18.6 Å². The fourth-order valence-corrected chi connectivity index (χ4v) is 6.27. The molecule has 3 heterocycles. The molecule has 1 aromatic carbocycles. The zero-order valence-electron chi connectivity index (χ0n) is 21.8. The molecule has 1 amide bonds. The zero-order chi connectivity index (χ0) is 27.7. The normalized spacial score (nSPS) is 15.4. The number of furan rings is 2. The molecule has 0 radical (unpaired) electrons. The quantitative estimate of drug-likeness (QED) is 0.139. The van der Waals surface area contributed by atoms with Gasteiger partial charge in [0, 0.05) is 16.5 Å². The third-order valence-corrected chi connectivity index (χ3v) is 8.55. The minimum absolute atomic E-state index is 0.0605. The highest BCUT2D eigenvalue weighted by atomic mass is 35.5. The fraction of sp³-hybridized carbons (Fsp3) is 0.310. The number of nitro benzene ring substituents is 1. The highest BCUT2D eigenvalue weighted by molar-refractivity contribution is 7.16. The standard InChI is InChI=1S/C29H28ClN3O5S/c1-29(2,3)18-7-9-21-25(14-18)39-28(26(21)27(34)31-15-19-5-4-12-37-19)32-16-20-8-11-24(38-20)17-6-10-22(30)23(13-17)33(35)36/h4-6,8,10-13,16,18H,7,9,14-15H2,1-3H3,(H,31,34)/t18-/m1/s1. The van der Waals surface area contributed by atoms with Crippen LogP contribution in [0.5, 0.6) is 0 Å². The first kappa shape index (κ1) is 26.9. The maximum atomic E-state index is 13.4. The minimum Gasteiger partial charge on any atom is -0.467 e. The smallest absolute Gasteiger partial charge is 0.288 e. The Bertz CT molecular complexity index is 1550. The van der Waals surface area contributed by atoms with Crippen LogP contribution in [0.2, 0.25) is 5.02 Å². The molecule has 0 bridgehead atoms. The van der Waals surface area contributed by atoms with E-state index in [1.807, 2.05) is 6.07 Å². The Hall–Kier alpha value is -3.69. The summed E-state index contributed by atoms with van der Waals surface area (Å²) >= 11 is 7.49. The monoisotopic (exact) mass is 565 g/mol. The zero-order valence-corrected chi connectivity index (χ0v) is 23.4. The summed E-state index contributed by atoms with van der Waals surface area (Å²) in [6, 6.07) is 11.6. The Kier molecular flexibility index (Phi) is 7.46. The van der Waals surface area contributed by atoms with Gasteiger partial charge in [-0.1, -0.05) is 32.4 Å². The van der Waals surface area contributed by atoms with Gasteiger partial charge in [-0.25, -0.2) is 4.99 Å². The summed E-state index contributed by atoms with van der Waals surface area (Å²) in [5, 5.41) is 14.9. The van der Waals surface area contributed by atoms with E-state index in [9.17, 15) is 14.9 Å². The molecule has 0 spiro atoms. The number of nitrogens with one attached hydrogen (secondary N) is 1. The van der Waals surface area contributed by atoms with E-state index >= 15 is 0 Å². The molecule has 1 N–H and O–H groups in total. The summed E-state index contributed by atoms with van der Waals surface area (Å²) in [6.07, 6.45) is 5.92. The maximum Gasteiger partial charge on any atom is 0.288 e. The van der Waals surface area contributed by atoms with Gasteiger partial charge in [0.15, 0.2) is 0 Å². The molecule has 1 atom stereocenters. The third-order valence-electron chi connectivity index (χ3n) is 7.06. The van der Waals surface area contributed by atoms with Crippen LogP contribution in [0.3, 0.4) is 0 Å². The van der Waals surface area contributed by atoms with Crippen LogP contribution in [0.1, 0.15) is 59.5 Å². The van der Waals surface area contributed by atoms with Gasteiger partial charge in [-0.2, -0.15) is 0 Å². The first-order valence-electron chi connectivity index (χ1n) is 12.6. The predicted octanol–water partition coefficient (Wildman–Crippen LogP) is 7.99. The van der Waals surface area contributed by atoms with Crippen LogP contribution >= 0.6 is 22.9 Å². The summed E-state index contributed by atoms with van der Waals surface area (Å²) in [6.45, 7) is 7.07. The molecule has 202 valence electrons. The van der Waals surface area contributed by atoms with Crippen LogP contribution in [-0.4, -0.2) is 17.0 Å². The van der Waals surface area contributed by atoms with E-state index in [2.05, 4.69) is 31.1 Å². The summed E-state index contributed by atoms with van der Waals surface area (Å²) in [4.78, 5) is 30.0. The molecule has 0 saturated heterocycles. The van der Waals surface area contributed by atoms with E-state index in [-0.39, 0.29) is 22.0 Å². The number of hydrogen-bond donors (Lipinski definition) is 1. The van der Waals surface area contributed by atoms with E-state index in [1.54, 1.807) is 48.1 Å². The molecule has 0 fully saturated rings. The predicted molar refractivity (Wildman–Crippen MR) is 152 cm³/mol. The van der Waals surface area contributed by atoms with Gasteiger partial charge in [0.25, 0.3) is 11.6 Å². The third kappa shape index (κ3) is 5.84. The van der Waals surface area contributed by atoms with Crippen LogP contribution in [0, 0.1) is 21.4 Å². The minimum atomic E-state index is -0.529. The molecule has 5 rings (SSSR count). The molecular formula is C29H28ClN3O5S. The van der Waals surface area contributed by atoms with Crippen molar-refractivity contribution >= 4 is 45.7 Å². The number of fused-ring (bicyclic) bond motifs is 1. The number of nitrogens with zero attached hydrogens (tertiary/aromatic N) is 2. The molecule has 4 aromatic rings. The van der Waals surface area contributed by atoms with Crippen molar-refractivity contribution in [1.82, 2.24) is 5.32 Å². The Balaban J connectivity index is 1.43. The van der Waals surface area contributed by atoms with Crippen LogP contribution in [0.4, 0.5) is 10.7 Å². The molecule has 39 heavy (non-hydrogen) atoms. The Morgan fingerprint density at radius 3 is 2.82 bits per heavy atom. The van der Waals surface area contributed by atoms with Gasteiger partial charge in [-0.15, -0.1) is 11.3 Å². The lowest BCUT2D eigenvalue weighted by Gasteiger charge is -2.33. The van der Waals surface area contributed by atoms with Crippen molar-refractivity contribution in [2.45, 2.75) is 46.6 Å². The van der Waals surface area contributed by atoms with Crippen molar-refractivity contribution in [2.75, 3.05) is 0 Å². The fourth-order valence-electron chi connectivity index (χ4n) is 4.81. The van der Waals surface area contributed by atoms with E-state index in [0.29, 0.717) is 45.9 Å². The second-order valence-electron chi connectivity index (χ2n) is 10.6. The molecule has 8 nitrogen and oxygen atoms in total. The lowest BCUT2D eigenvalue weighted by Crippen LogP contribution is -2.28. The van der Waals surface area contributed by atoms with Crippen LogP contribution in [0.15, 0.2) is 62.6 Å². The second-order valence-corrected chi connectivity index (χ2v) is 12.1. The van der Waals surface area contributed by atoms with Crippen LogP contribution < -0.4 is 5.32 Å². The molecule has 0 unspecified atom stereocenters. The number of benzene rings is 1. The molecule has 3 aromatic heterocycles. The van der Waals surface area contributed by atoms with Gasteiger partial charge in [0.05, 0.1) is 29.5 Å². The van der Waals surface area contributed by atoms with Gasteiger partial charge < -0.3 is 14.2 Å². The van der Waals surface area contributed by atoms with Crippen molar-refractivity contribution in [3.63, 3.8) is 0 Å². The lowest BCUT2D eigenvalue weighted by atomic mass is 9.72. The molecule has 0 aliphatic heterocycles. The number of halogens is 1. The van der Waals surface area contributed by atoms with Gasteiger partial charge in [0.2, 0.25) is 0 Å². The molecule has 1 aliphatic carbocycles. The highest BCUT2D eigenvalue weighted by Gasteiger charge is 2.33. The van der Waals surface area contributed by atoms with E-state index in [4.69, 9.17) is 20.4 Å². The second kappa shape index (κ2) is 10.8. The number of carbonyl (C=O) groups excluding carboxylic acids is 1. The molecule has 10 heteroatoms. The van der Waals surface area contributed by atoms with Gasteiger partial charge in [-0.05, 0) is 72.6 Å². The van der Waals surface area contributed by atoms with Crippen LogP contribution in [-0.2, 0) is 19.4 Å². The van der Waals surface area contributed by atoms with Crippen molar-refractivity contribution in [1.29, 1.82) is 0 Å². The van der Waals surface area contributed by atoms with E-state index in [0.717, 1.165) is 24.8 Å². The Labute approximate surface area is 234 Å². The number of amides is 1. The summed E-state index contributed by atoms with van der Waals surface area (Å²) in [5.41, 5.74) is 2.18. The van der Waals surface area contributed by atoms with E-state index in [1.165, 1.54) is 17.0 Å². The molecule has 1 aliphatic rings. The average molecular weight is 566 g/mol. The van der Waals surface area contributed by atoms with Gasteiger partial charge >= 0.3 is 0 Å². The first-order valence-corrected chi connectivity index (χ1v) is 13.8. The average Bonchev–Trinajstić information content (AvgIpc) is 3.65. The van der Waals surface area contributed by atoms with Crippen molar-refractivity contribution in [3.8, 4) is 11.3 Å². The number of hydrogen-bond acceptors (Lipinski definition) is 7. The SMILES string of the molecule is CC(C)(C)[C@@H]1CCc2c(sc(N=Cc3ccc(-c4ccc(Cl)c([N+](=O)[O-])c4)o3)c2C(=O)NCc2ccco2)C1. The van der Waals surface area contributed by atoms with Crippen LogP contribution in [0.25, 0.3) is 11.3 Å². The van der Waals surface area contributed by atoms with E-state index < -0.39 is 4.92 Å². The van der Waals surface area contributed by atoms with Gasteiger partial charge in [0.1, 0.15) is 27.3 Å². The first-order chi connectivity index (χ1) is 18.6. The summed E-state index contributed by atoms with van der Waals surface area (Å²) in [7, 11) is 0. The largest absolute Gasteiger partial charge is 0.467 e. The lowest BCUT2D eigenvalue weighted by molar-refractivity contribution is -0.384. The van der Waals surface area contributed by atoms with Crippen molar-refractivity contribution in [2.24, 2.45) is 16.3 Å². The van der Waals surface area contributed by atoms with Gasteiger partial charge in [-0.3, -0.25) is 14.9 Å². The number of aliphatic imine (C=N–C) groups is 1. The number of rotatable bonds is 7. The van der Waals surface area contributed by atoms with Crippen molar-refractivity contribution in [3.05, 3.63) is 91.4 Å². The number of carbonyl (C=O) groups is 1. The highest BCUT2D eigenvalue weighted by Crippen LogP contribution is 2.45. The Morgan fingerprint density at radius 1 is 1.28 bits per heavy atom. The summed E-state index contributed by atoms with van der Waals surface area (Å²) in [5.74, 6) is 1.93. The Morgan fingerprint density at radius 2 is 2.10 bits per heavy atom. The topological polar surface area (TPSA) is 111 Å². The summed E-state index contributed by atoms with van der Waals surface area (Å²) < 4.78 is 11.3. The molecule has 0 saturated carbocycles.